The quantitative estimate of drug-likeness (QED) is 0.683. The van der Waals surface area contributed by atoms with Crippen molar-refractivity contribution in [2.45, 2.75) is 13.0 Å². The van der Waals surface area contributed by atoms with Crippen molar-refractivity contribution in [3.05, 3.63) is 75.9 Å². The van der Waals surface area contributed by atoms with Gasteiger partial charge in [-0.2, -0.15) is 0 Å². The Morgan fingerprint density at radius 1 is 1.17 bits per heavy atom. The third-order valence-corrected chi connectivity index (χ3v) is 4.44. The van der Waals surface area contributed by atoms with Crippen molar-refractivity contribution >= 4 is 44.9 Å². The Morgan fingerprint density at radius 3 is 2.62 bits per heavy atom. The van der Waals surface area contributed by atoms with Gasteiger partial charge < -0.3 is 16.0 Å². The van der Waals surface area contributed by atoms with Crippen LogP contribution in [0.25, 0.3) is 0 Å². The van der Waals surface area contributed by atoms with Crippen LogP contribution in [-0.2, 0) is 4.79 Å². The number of anilines is 1. The average Bonchev–Trinajstić information content (AvgIpc) is 2.55. The molecule has 0 radical (unpaired) electrons. The summed E-state index contributed by atoms with van der Waals surface area (Å²) in [6.45, 7) is 1.86. The molecule has 0 bridgehead atoms. The molecule has 24 heavy (non-hydrogen) atoms. The molecule has 122 valence electrons. The molecule has 1 amide bonds. The molecule has 0 spiro atoms. The minimum absolute atomic E-state index is 0.161. The summed E-state index contributed by atoms with van der Waals surface area (Å²) >= 11 is 8.74. The van der Waals surface area contributed by atoms with Gasteiger partial charge in [-0.25, -0.2) is 0 Å². The van der Waals surface area contributed by atoms with E-state index in [-0.39, 0.29) is 11.9 Å². The van der Waals surface area contributed by atoms with Gasteiger partial charge in [0.15, 0.2) is 5.11 Å². The monoisotopic (exact) mass is 401 g/mol. The molecule has 3 N–H and O–H groups in total. The lowest BCUT2D eigenvalue weighted by Gasteiger charge is -2.30. The topological polar surface area (TPSA) is 53.2 Å². The first-order chi connectivity index (χ1) is 11.5. The highest BCUT2D eigenvalue weighted by Crippen LogP contribution is 2.29. The Bertz CT molecular complexity index is 820. The van der Waals surface area contributed by atoms with Crippen LogP contribution in [0.1, 0.15) is 18.5 Å². The molecule has 1 atom stereocenters. The number of para-hydroxylation sites is 1. The number of allylic oxidation sites excluding steroid dienone is 1. The van der Waals surface area contributed by atoms with Crippen molar-refractivity contribution in [2.24, 2.45) is 0 Å². The second-order valence-electron chi connectivity index (χ2n) is 5.45. The zero-order valence-electron chi connectivity index (χ0n) is 13.0. The first-order valence-corrected chi connectivity index (χ1v) is 8.65. The lowest BCUT2D eigenvalue weighted by Crippen LogP contribution is -2.45. The average molecular weight is 402 g/mol. The number of hydrogen-bond acceptors (Lipinski definition) is 2. The molecule has 2 aromatic carbocycles. The zero-order valence-corrected chi connectivity index (χ0v) is 15.4. The second-order valence-corrected chi connectivity index (χ2v) is 6.77. The van der Waals surface area contributed by atoms with Crippen molar-refractivity contribution in [3.63, 3.8) is 0 Å². The van der Waals surface area contributed by atoms with E-state index in [1.165, 1.54) is 0 Å². The molecule has 0 aromatic heterocycles. The summed E-state index contributed by atoms with van der Waals surface area (Å²) in [5, 5.41) is 9.67. The molecule has 0 fully saturated rings. The maximum absolute atomic E-state index is 12.8. The number of rotatable bonds is 3. The fourth-order valence-electron chi connectivity index (χ4n) is 2.65. The molecule has 1 aliphatic heterocycles. The summed E-state index contributed by atoms with van der Waals surface area (Å²) < 4.78 is 0.951. The van der Waals surface area contributed by atoms with Gasteiger partial charge in [-0.05, 0) is 49.0 Å². The molecular formula is C18H16BrN3OS. The number of carbonyl (C=O) groups excluding carboxylic acids is 1. The van der Waals surface area contributed by atoms with Crippen LogP contribution in [0.2, 0.25) is 0 Å². The summed E-state index contributed by atoms with van der Waals surface area (Å²) in [5.41, 5.74) is 3.08. The number of nitrogens with one attached hydrogen (secondary N) is 3. The maximum Gasteiger partial charge on any atom is 0.255 e. The highest BCUT2D eigenvalue weighted by atomic mass is 79.9. The molecule has 4 nitrogen and oxygen atoms in total. The van der Waals surface area contributed by atoms with Crippen molar-refractivity contribution in [1.29, 1.82) is 0 Å². The molecule has 2 aromatic rings. The highest BCUT2D eigenvalue weighted by Gasteiger charge is 2.29. The Hall–Kier alpha value is -2.18. The van der Waals surface area contributed by atoms with Gasteiger partial charge in [-0.3, -0.25) is 4.79 Å². The minimum atomic E-state index is -0.306. The summed E-state index contributed by atoms with van der Waals surface area (Å²) in [7, 11) is 0. The van der Waals surface area contributed by atoms with Crippen molar-refractivity contribution in [3.8, 4) is 0 Å². The van der Waals surface area contributed by atoms with Crippen molar-refractivity contribution in [2.75, 3.05) is 5.32 Å². The largest absolute Gasteiger partial charge is 0.351 e. The van der Waals surface area contributed by atoms with Gasteiger partial charge in [0, 0.05) is 15.9 Å². The molecule has 3 rings (SSSR count). The lowest BCUT2D eigenvalue weighted by atomic mass is 9.95. The van der Waals surface area contributed by atoms with Gasteiger partial charge in [-0.15, -0.1) is 0 Å². The van der Waals surface area contributed by atoms with Gasteiger partial charge in [0.05, 0.1) is 11.6 Å². The van der Waals surface area contributed by atoms with Crippen LogP contribution in [0.4, 0.5) is 5.69 Å². The lowest BCUT2D eigenvalue weighted by molar-refractivity contribution is -0.113. The SMILES string of the molecule is CC1=C(C(=O)Nc2ccccc2)C(c2cccc(Br)c2)NC(=S)N1. The van der Waals surface area contributed by atoms with Crippen molar-refractivity contribution < 1.29 is 4.79 Å². The standard InChI is InChI=1S/C18H16BrN3OS/c1-11-15(17(23)21-14-8-3-2-4-9-14)16(22-18(24)20-11)12-6-5-7-13(19)10-12/h2-10,16H,1H3,(H,21,23)(H2,20,22,24). The molecule has 1 unspecified atom stereocenters. The first-order valence-electron chi connectivity index (χ1n) is 7.45. The molecular weight excluding hydrogens is 386 g/mol. The summed E-state index contributed by atoms with van der Waals surface area (Å²) in [6, 6.07) is 16.9. The summed E-state index contributed by atoms with van der Waals surface area (Å²) in [5.74, 6) is -0.161. The van der Waals surface area contributed by atoms with Crippen LogP contribution < -0.4 is 16.0 Å². The maximum atomic E-state index is 12.8. The summed E-state index contributed by atoms with van der Waals surface area (Å²) in [4.78, 5) is 12.8. The minimum Gasteiger partial charge on any atom is -0.351 e. The first kappa shape index (κ1) is 16.7. The van der Waals surface area contributed by atoms with E-state index >= 15 is 0 Å². The van der Waals surface area contributed by atoms with Gasteiger partial charge in [0.1, 0.15) is 0 Å². The Labute approximate surface area is 154 Å². The predicted molar refractivity (Wildman–Crippen MR) is 104 cm³/mol. The number of amides is 1. The highest BCUT2D eigenvalue weighted by molar-refractivity contribution is 9.10. The smallest absolute Gasteiger partial charge is 0.255 e. The van der Waals surface area contributed by atoms with Crippen LogP contribution in [-0.4, -0.2) is 11.0 Å². The number of hydrogen-bond donors (Lipinski definition) is 3. The molecule has 0 saturated carbocycles. The Kier molecular flexibility index (Phi) is 4.97. The fraction of sp³-hybridized carbons (Fsp3) is 0.111. The van der Waals surface area contributed by atoms with E-state index in [0.717, 1.165) is 21.4 Å². The van der Waals surface area contributed by atoms with E-state index in [2.05, 4.69) is 31.9 Å². The van der Waals surface area contributed by atoms with Gasteiger partial charge >= 0.3 is 0 Å². The third kappa shape index (κ3) is 3.66. The van der Waals surface area contributed by atoms with E-state index in [9.17, 15) is 4.79 Å². The Morgan fingerprint density at radius 2 is 1.92 bits per heavy atom. The van der Waals surface area contributed by atoms with E-state index < -0.39 is 0 Å². The molecule has 6 heteroatoms. The number of thiocarbonyl (C=S) groups is 1. The van der Waals surface area contributed by atoms with E-state index in [4.69, 9.17) is 12.2 Å². The molecule has 1 heterocycles. The zero-order chi connectivity index (χ0) is 17.1. The number of carbonyl (C=O) groups is 1. The fourth-order valence-corrected chi connectivity index (χ4v) is 3.34. The third-order valence-electron chi connectivity index (χ3n) is 3.73. The molecule has 1 aliphatic rings. The Balaban J connectivity index is 1.96. The van der Waals surface area contributed by atoms with Gasteiger partial charge in [0.25, 0.3) is 5.91 Å². The van der Waals surface area contributed by atoms with Gasteiger partial charge in [-0.1, -0.05) is 46.3 Å². The summed E-state index contributed by atoms with van der Waals surface area (Å²) in [6.07, 6.45) is 0. The van der Waals surface area contributed by atoms with Crippen LogP contribution in [0.15, 0.2) is 70.3 Å². The van der Waals surface area contributed by atoms with Gasteiger partial charge in [0.2, 0.25) is 0 Å². The van der Waals surface area contributed by atoms with Crippen LogP contribution >= 0.6 is 28.1 Å². The van der Waals surface area contributed by atoms with E-state index in [1.807, 2.05) is 61.5 Å². The number of halogens is 1. The van der Waals surface area contributed by atoms with Crippen LogP contribution in [0.5, 0.6) is 0 Å². The molecule has 0 saturated heterocycles. The predicted octanol–water partition coefficient (Wildman–Crippen LogP) is 3.88. The second kappa shape index (κ2) is 7.15. The van der Waals surface area contributed by atoms with E-state index in [0.29, 0.717) is 10.7 Å². The van der Waals surface area contributed by atoms with Crippen LogP contribution in [0, 0.1) is 0 Å². The number of benzene rings is 2. The van der Waals surface area contributed by atoms with Crippen molar-refractivity contribution in [1.82, 2.24) is 10.6 Å². The molecule has 0 aliphatic carbocycles. The van der Waals surface area contributed by atoms with Crippen LogP contribution in [0.3, 0.4) is 0 Å². The van der Waals surface area contributed by atoms with E-state index in [1.54, 1.807) is 0 Å². The normalized spacial score (nSPS) is 17.1.